The SMILES string of the molecule is CC(=O)Nc1sc2c(c1-c1nc3cc4c(cc3s1)OCO4)CCN(C(C)C)C2. The monoisotopic (exact) mass is 415 g/mol. The molecule has 0 aliphatic carbocycles. The highest BCUT2D eigenvalue weighted by Crippen LogP contribution is 2.47. The Morgan fingerprint density at radius 2 is 2.04 bits per heavy atom. The van der Waals surface area contributed by atoms with E-state index in [1.54, 1.807) is 29.6 Å². The molecule has 0 bridgehead atoms. The van der Waals surface area contributed by atoms with E-state index in [4.69, 9.17) is 14.5 Å². The maximum absolute atomic E-state index is 11.8. The fourth-order valence-electron chi connectivity index (χ4n) is 3.76. The molecule has 2 aromatic heterocycles. The van der Waals surface area contributed by atoms with Gasteiger partial charge in [0.25, 0.3) is 0 Å². The summed E-state index contributed by atoms with van der Waals surface area (Å²) in [5, 5.41) is 4.89. The van der Waals surface area contributed by atoms with E-state index in [0.29, 0.717) is 6.04 Å². The van der Waals surface area contributed by atoms with Gasteiger partial charge in [-0.25, -0.2) is 4.98 Å². The van der Waals surface area contributed by atoms with Crippen LogP contribution in [0.2, 0.25) is 0 Å². The largest absolute Gasteiger partial charge is 0.454 e. The maximum Gasteiger partial charge on any atom is 0.231 e. The normalized spacial score (nSPS) is 16.0. The number of anilines is 1. The van der Waals surface area contributed by atoms with Crippen LogP contribution in [0.3, 0.4) is 0 Å². The lowest BCUT2D eigenvalue weighted by Gasteiger charge is -2.30. The minimum Gasteiger partial charge on any atom is -0.454 e. The smallest absolute Gasteiger partial charge is 0.231 e. The molecule has 0 saturated carbocycles. The number of ether oxygens (including phenoxy) is 2. The van der Waals surface area contributed by atoms with Crippen molar-refractivity contribution in [2.75, 3.05) is 18.7 Å². The lowest BCUT2D eigenvalue weighted by Crippen LogP contribution is -2.35. The zero-order valence-corrected chi connectivity index (χ0v) is 17.6. The summed E-state index contributed by atoms with van der Waals surface area (Å²) in [4.78, 5) is 20.5. The Balaban J connectivity index is 1.62. The third-order valence-corrected chi connectivity index (χ3v) is 7.37. The molecule has 0 atom stereocenters. The van der Waals surface area contributed by atoms with Crippen molar-refractivity contribution in [2.45, 2.75) is 39.8 Å². The fraction of sp³-hybridized carbons (Fsp3) is 0.400. The van der Waals surface area contributed by atoms with Crippen LogP contribution < -0.4 is 14.8 Å². The Hall–Kier alpha value is -2.16. The van der Waals surface area contributed by atoms with Crippen LogP contribution in [-0.2, 0) is 17.8 Å². The zero-order chi connectivity index (χ0) is 19.4. The van der Waals surface area contributed by atoms with Crippen LogP contribution in [0.4, 0.5) is 5.00 Å². The maximum atomic E-state index is 11.8. The van der Waals surface area contributed by atoms with Gasteiger partial charge < -0.3 is 14.8 Å². The van der Waals surface area contributed by atoms with Gasteiger partial charge in [0.2, 0.25) is 12.7 Å². The Bertz CT molecular complexity index is 1050. The van der Waals surface area contributed by atoms with E-state index in [0.717, 1.165) is 56.8 Å². The van der Waals surface area contributed by atoms with E-state index in [2.05, 4.69) is 24.1 Å². The van der Waals surface area contributed by atoms with E-state index in [1.807, 2.05) is 12.1 Å². The van der Waals surface area contributed by atoms with Gasteiger partial charge in [0.15, 0.2) is 11.5 Å². The van der Waals surface area contributed by atoms with Gasteiger partial charge in [-0.15, -0.1) is 22.7 Å². The highest BCUT2D eigenvalue weighted by atomic mass is 32.1. The van der Waals surface area contributed by atoms with Gasteiger partial charge in [-0.3, -0.25) is 9.69 Å². The van der Waals surface area contributed by atoms with E-state index >= 15 is 0 Å². The predicted molar refractivity (Wildman–Crippen MR) is 113 cm³/mol. The quantitative estimate of drug-likeness (QED) is 0.683. The topological polar surface area (TPSA) is 63.7 Å². The van der Waals surface area contributed by atoms with Crippen LogP contribution in [0, 0.1) is 0 Å². The molecule has 1 amide bonds. The summed E-state index contributed by atoms with van der Waals surface area (Å²) < 4.78 is 12.1. The van der Waals surface area contributed by atoms with Gasteiger partial charge in [-0.1, -0.05) is 0 Å². The van der Waals surface area contributed by atoms with Crippen molar-refractivity contribution in [3.8, 4) is 22.1 Å². The van der Waals surface area contributed by atoms with E-state index in [9.17, 15) is 4.79 Å². The minimum absolute atomic E-state index is 0.0533. The number of benzene rings is 1. The molecule has 2 aliphatic rings. The van der Waals surface area contributed by atoms with Gasteiger partial charge in [0.1, 0.15) is 10.0 Å². The molecule has 0 saturated heterocycles. The van der Waals surface area contributed by atoms with Crippen molar-refractivity contribution in [2.24, 2.45) is 0 Å². The molecule has 4 heterocycles. The van der Waals surface area contributed by atoms with Crippen molar-refractivity contribution >= 4 is 43.8 Å². The van der Waals surface area contributed by atoms with Gasteiger partial charge in [-0.2, -0.15) is 0 Å². The molecule has 5 rings (SSSR count). The van der Waals surface area contributed by atoms with Crippen molar-refractivity contribution in [1.82, 2.24) is 9.88 Å². The van der Waals surface area contributed by atoms with Crippen molar-refractivity contribution < 1.29 is 14.3 Å². The number of thiazole rings is 1. The number of rotatable bonds is 3. The standard InChI is InChI=1S/C20H21N3O3S2/c1-10(2)23-5-4-12-17(8-23)28-19(21-11(3)24)18(12)20-22-13-6-14-15(26-9-25-14)7-16(13)27-20/h6-7,10H,4-5,8-9H2,1-3H3,(H,21,24). The molecule has 8 heteroatoms. The number of thiophene rings is 1. The van der Waals surface area contributed by atoms with Crippen LogP contribution in [0.5, 0.6) is 11.5 Å². The molecule has 2 aliphatic heterocycles. The molecule has 3 aromatic rings. The molecule has 0 spiro atoms. The first-order valence-electron chi connectivity index (χ1n) is 9.36. The average Bonchev–Trinajstić information content (AvgIpc) is 3.33. The van der Waals surface area contributed by atoms with Gasteiger partial charge >= 0.3 is 0 Å². The number of carbonyl (C=O) groups excluding carboxylic acids is 1. The molecular weight excluding hydrogens is 394 g/mol. The summed E-state index contributed by atoms with van der Waals surface area (Å²) in [5.41, 5.74) is 3.31. The summed E-state index contributed by atoms with van der Waals surface area (Å²) >= 11 is 3.32. The fourth-order valence-corrected chi connectivity index (χ4v) is 6.20. The first-order valence-corrected chi connectivity index (χ1v) is 11.0. The summed E-state index contributed by atoms with van der Waals surface area (Å²) in [6, 6.07) is 4.44. The van der Waals surface area contributed by atoms with Gasteiger partial charge in [0.05, 0.1) is 10.2 Å². The predicted octanol–water partition coefficient (Wildman–Crippen LogP) is 4.48. The van der Waals surface area contributed by atoms with Crippen molar-refractivity contribution in [3.05, 3.63) is 22.6 Å². The second kappa shape index (κ2) is 6.72. The Labute approximate surface area is 171 Å². The van der Waals surface area contributed by atoms with E-state index < -0.39 is 0 Å². The minimum atomic E-state index is -0.0533. The Morgan fingerprint density at radius 3 is 2.79 bits per heavy atom. The van der Waals surface area contributed by atoms with Crippen molar-refractivity contribution in [1.29, 1.82) is 0 Å². The summed E-state index contributed by atoms with van der Waals surface area (Å²) in [6.45, 7) is 8.22. The molecular formula is C20H21N3O3S2. The van der Waals surface area contributed by atoms with Gasteiger partial charge in [-0.05, 0) is 25.8 Å². The number of carbonyl (C=O) groups is 1. The number of nitrogens with zero attached hydrogens (tertiary/aromatic N) is 2. The molecule has 6 nitrogen and oxygen atoms in total. The third-order valence-electron chi connectivity index (χ3n) is 5.20. The third kappa shape index (κ3) is 2.96. The molecule has 146 valence electrons. The highest BCUT2D eigenvalue weighted by Gasteiger charge is 2.28. The number of hydrogen-bond acceptors (Lipinski definition) is 7. The van der Waals surface area contributed by atoms with Crippen LogP contribution >= 0.6 is 22.7 Å². The average molecular weight is 416 g/mol. The highest BCUT2D eigenvalue weighted by molar-refractivity contribution is 7.23. The van der Waals surface area contributed by atoms with Crippen LogP contribution in [0.1, 0.15) is 31.2 Å². The van der Waals surface area contributed by atoms with Crippen molar-refractivity contribution in [3.63, 3.8) is 0 Å². The molecule has 0 radical (unpaired) electrons. The van der Waals surface area contributed by atoms with Crippen LogP contribution in [0.25, 0.3) is 20.8 Å². The molecule has 0 fully saturated rings. The lowest BCUT2D eigenvalue weighted by atomic mass is 10.0. The second-order valence-corrected chi connectivity index (χ2v) is 9.53. The van der Waals surface area contributed by atoms with Crippen LogP contribution in [0.15, 0.2) is 12.1 Å². The summed E-state index contributed by atoms with van der Waals surface area (Å²) in [6.07, 6.45) is 0.970. The molecule has 28 heavy (non-hydrogen) atoms. The molecule has 1 N–H and O–H groups in total. The Kier molecular flexibility index (Phi) is 4.30. The summed E-state index contributed by atoms with van der Waals surface area (Å²) in [5.74, 6) is 1.46. The number of nitrogens with one attached hydrogen (secondary N) is 1. The van der Waals surface area contributed by atoms with E-state index in [-0.39, 0.29) is 12.7 Å². The molecule has 1 aromatic carbocycles. The number of aromatic nitrogens is 1. The number of fused-ring (bicyclic) bond motifs is 3. The number of hydrogen-bond donors (Lipinski definition) is 1. The first-order chi connectivity index (χ1) is 13.5. The second-order valence-electron chi connectivity index (χ2n) is 7.40. The van der Waals surface area contributed by atoms with Gasteiger partial charge in [0, 0.05) is 48.6 Å². The number of amides is 1. The molecule has 0 unspecified atom stereocenters. The Morgan fingerprint density at radius 1 is 1.25 bits per heavy atom. The zero-order valence-electron chi connectivity index (χ0n) is 16.0. The summed E-state index contributed by atoms with van der Waals surface area (Å²) in [7, 11) is 0. The lowest BCUT2D eigenvalue weighted by molar-refractivity contribution is -0.114. The van der Waals surface area contributed by atoms with E-state index in [1.165, 1.54) is 10.4 Å². The first kappa shape index (κ1) is 17.9. The van der Waals surface area contributed by atoms with Crippen LogP contribution in [-0.4, -0.2) is 35.2 Å².